The standard InChI is InChI=1S/C9H20ClO5P/c1-4-14-9(3,15-5-2)16(12,13)7-8(11)6-10/h8,11H,4-7H2,1-3H3,(H,12,13)/t8-/m1/s1. The summed E-state index contributed by atoms with van der Waals surface area (Å²) in [4.78, 5) is 9.88. The molecule has 1 unspecified atom stereocenters. The van der Waals surface area contributed by atoms with Gasteiger partial charge in [-0.3, -0.25) is 4.57 Å². The van der Waals surface area contributed by atoms with Gasteiger partial charge in [-0.25, -0.2) is 0 Å². The van der Waals surface area contributed by atoms with Crippen molar-refractivity contribution in [2.45, 2.75) is 32.4 Å². The van der Waals surface area contributed by atoms with Crippen molar-refractivity contribution in [2.75, 3.05) is 25.3 Å². The third-order valence-electron chi connectivity index (χ3n) is 2.10. The molecule has 2 N–H and O–H groups in total. The van der Waals surface area contributed by atoms with Gasteiger partial charge in [-0.15, -0.1) is 11.6 Å². The second-order valence-electron chi connectivity index (χ2n) is 3.46. The first-order valence-corrected chi connectivity index (χ1v) is 7.54. The Balaban J connectivity index is 4.81. The Bertz CT molecular complexity index is 242. The van der Waals surface area contributed by atoms with Gasteiger partial charge in [-0.05, 0) is 20.8 Å². The lowest BCUT2D eigenvalue weighted by molar-refractivity contribution is -0.166. The van der Waals surface area contributed by atoms with Crippen LogP contribution in [0.5, 0.6) is 0 Å². The third-order valence-corrected chi connectivity index (χ3v) is 4.90. The van der Waals surface area contributed by atoms with Crippen LogP contribution in [0.1, 0.15) is 20.8 Å². The quantitative estimate of drug-likeness (QED) is 0.399. The summed E-state index contributed by atoms with van der Waals surface area (Å²) in [6.45, 7) is 5.31. The number of rotatable bonds is 8. The molecule has 0 aromatic carbocycles. The first kappa shape index (κ1) is 16.4. The molecule has 0 spiro atoms. The highest BCUT2D eigenvalue weighted by Crippen LogP contribution is 2.55. The summed E-state index contributed by atoms with van der Waals surface area (Å²) in [6, 6.07) is 0. The van der Waals surface area contributed by atoms with Crippen LogP contribution in [0.25, 0.3) is 0 Å². The first-order valence-electron chi connectivity index (χ1n) is 5.16. The molecule has 0 radical (unpaired) electrons. The number of hydrogen-bond donors (Lipinski definition) is 2. The highest BCUT2D eigenvalue weighted by molar-refractivity contribution is 7.59. The van der Waals surface area contributed by atoms with Crippen molar-refractivity contribution in [3.8, 4) is 0 Å². The Labute approximate surface area is 101 Å². The van der Waals surface area contributed by atoms with Crippen molar-refractivity contribution < 1.29 is 24.0 Å². The second kappa shape index (κ2) is 6.94. The minimum Gasteiger partial charge on any atom is -0.391 e. The van der Waals surface area contributed by atoms with Gasteiger partial charge in [0.1, 0.15) is 0 Å². The van der Waals surface area contributed by atoms with Crippen molar-refractivity contribution in [3.63, 3.8) is 0 Å². The normalized spacial score (nSPS) is 18.1. The molecule has 7 heteroatoms. The molecular formula is C9H20ClO5P. The van der Waals surface area contributed by atoms with Crippen molar-refractivity contribution in [3.05, 3.63) is 0 Å². The van der Waals surface area contributed by atoms with Gasteiger partial charge < -0.3 is 19.5 Å². The van der Waals surface area contributed by atoms with E-state index in [1.54, 1.807) is 13.8 Å². The number of alkyl halides is 1. The maximum atomic E-state index is 12.1. The van der Waals surface area contributed by atoms with Crippen molar-refractivity contribution in [2.24, 2.45) is 0 Å². The lowest BCUT2D eigenvalue weighted by Crippen LogP contribution is -2.35. The zero-order valence-corrected chi connectivity index (χ0v) is 11.5. The molecular weight excluding hydrogens is 255 g/mol. The molecule has 98 valence electrons. The Morgan fingerprint density at radius 3 is 2.12 bits per heavy atom. The number of aliphatic hydroxyl groups is 1. The van der Waals surface area contributed by atoms with E-state index in [0.717, 1.165) is 0 Å². The second-order valence-corrected chi connectivity index (χ2v) is 6.35. The van der Waals surface area contributed by atoms with E-state index in [1.807, 2.05) is 0 Å². The van der Waals surface area contributed by atoms with Crippen LogP contribution in [0.15, 0.2) is 0 Å². The largest absolute Gasteiger partial charge is 0.391 e. The molecule has 0 fully saturated rings. The first-order chi connectivity index (χ1) is 7.33. The maximum absolute atomic E-state index is 12.1. The fourth-order valence-electron chi connectivity index (χ4n) is 1.28. The smallest absolute Gasteiger partial charge is 0.260 e. The Kier molecular flexibility index (Phi) is 7.10. The predicted octanol–water partition coefficient (Wildman–Crippen LogP) is 1.60. The molecule has 0 rings (SSSR count). The molecule has 0 aromatic rings. The van der Waals surface area contributed by atoms with Gasteiger partial charge in [0.05, 0.1) is 12.3 Å². The van der Waals surface area contributed by atoms with Crippen LogP contribution in [-0.2, 0) is 14.0 Å². The zero-order valence-electron chi connectivity index (χ0n) is 9.85. The number of halogens is 1. The van der Waals surface area contributed by atoms with Crippen LogP contribution in [0.4, 0.5) is 0 Å². The molecule has 0 bridgehead atoms. The molecule has 0 aliphatic heterocycles. The third kappa shape index (κ3) is 4.32. The molecule has 0 aromatic heterocycles. The van der Waals surface area contributed by atoms with E-state index in [9.17, 15) is 14.6 Å². The Hall–Kier alpha value is 0.360. The highest BCUT2D eigenvalue weighted by atomic mass is 35.5. The van der Waals surface area contributed by atoms with Crippen molar-refractivity contribution in [1.82, 2.24) is 0 Å². The summed E-state index contributed by atoms with van der Waals surface area (Å²) < 4.78 is 22.5. The van der Waals surface area contributed by atoms with Gasteiger partial charge >= 0.3 is 0 Å². The SMILES string of the molecule is CCOC(C)(OCC)P(=O)(O)C[C@H](O)CCl. The van der Waals surface area contributed by atoms with Crippen molar-refractivity contribution >= 4 is 19.0 Å². The number of aliphatic hydroxyl groups excluding tert-OH is 1. The average molecular weight is 275 g/mol. The van der Waals surface area contributed by atoms with E-state index in [1.165, 1.54) is 6.92 Å². The van der Waals surface area contributed by atoms with E-state index < -0.39 is 19.0 Å². The van der Waals surface area contributed by atoms with Gasteiger partial charge in [-0.1, -0.05) is 0 Å². The average Bonchev–Trinajstić information content (AvgIpc) is 2.17. The maximum Gasteiger partial charge on any atom is 0.260 e. The lowest BCUT2D eigenvalue weighted by Gasteiger charge is -2.33. The fourth-order valence-corrected chi connectivity index (χ4v) is 3.23. The van der Waals surface area contributed by atoms with Crippen LogP contribution in [0.2, 0.25) is 0 Å². The van der Waals surface area contributed by atoms with Gasteiger partial charge in [0, 0.05) is 19.1 Å². The molecule has 0 amide bonds. The highest BCUT2D eigenvalue weighted by Gasteiger charge is 2.46. The molecule has 5 nitrogen and oxygen atoms in total. The summed E-state index contributed by atoms with van der Waals surface area (Å²) in [5, 5.41) is 9.32. The topological polar surface area (TPSA) is 76.0 Å². The monoisotopic (exact) mass is 274 g/mol. The van der Waals surface area contributed by atoms with Crippen LogP contribution in [0.3, 0.4) is 0 Å². The van der Waals surface area contributed by atoms with E-state index in [0.29, 0.717) is 0 Å². The Morgan fingerprint density at radius 1 is 1.38 bits per heavy atom. The van der Waals surface area contributed by atoms with Crippen LogP contribution >= 0.6 is 19.0 Å². The molecule has 0 saturated carbocycles. The van der Waals surface area contributed by atoms with E-state index in [2.05, 4.69) is 0 Å². The molecule has 16 heavy (non-hydrogen) atoms. The summed E-state index contributed by atoms with van der Waals surface area (Å²) in [5.41, 5.74) is -1.58. The number of ether oxygens (including phenoxy) is 2. The Morgan fingerprint density at radius 2 is 1.81 bits per heavy atom. The van der Waals surface area contributed by atoms with Gasteiger partial charge in [0.15, 0.2) is 0 Å². The van der Waals surface area contributed by atoms with Crippen LogP contribution in [0, 0.1) is 0 Å². The molecule has 0 saturated heterocycles. The summed E-state index contributed by atoms with van der Waals surface area (Å²) in [6.07, 6.45) is -1.38. The molecule has 0 aliphatic carbocycles. The molecule has 2 atom stereocenters. The van der Waals surface area contributed by atoms with Crippen LogP contribution in [-0.4, -0.2) is 46.9 Å². The fraction of sp³-hybridized carbons (Fsp3) is 1.00. The van der Waals surface area contributed by atoms with E-state index >= 15 is 0 Å². The predicted molar refractivity (Wildman–Crippen MR) is 63.1 cm³/mol. The minimum atomic E-state index is -3.80. The summed E-state index contributed by atoms with van der Waals surface area (Å²) >= 11 is 5.40. The van der Waals surface area contributed by atoms with Crippen LogP contribution < -0.4 is 0 Å². The zero-order chi connectivity index (χ0) is 12.8. The molecule has 0 heterocycles. The molecule has 0 aliphatic rings. The number of hydrogen-bond acceptors (Lipinski definition) is 4. The van der Waals surface area contributed by atoms with Crippen molar-refractivity contribution in [1.29, 1.82) is 0 Å². The van der Waals surface area contributed by atoms with Gasteiger partial charge in [0.25, 0.3) is 7.37 Å². The van der Waals surface area contributed by atoms with Gasteiger partial charge in [-0.2, -0.15) is 0 Å². The summed E-state index contributed by atoms with van der Waals surface area (Å²) in [7, 11) is -3.80. The van der Waals surface area contributed by atoms with E-state index in [4.69, 9.17) is 21.1 Å². The van der Waals surface area contributed by atoms with Gasteiger partial charge in [0.2, 0.25) is 5.53 Å². The lowest BCUT2D eigenvalue weighted by atomic mass is 10.5. The minimum absolute atomic E-state index is 0.0983. The van der Waals surface area contributed by atoms with E-state index in [-0.39, 0.29) is 25.3 Å². The summed E-state index contributed by atoms with van der Waals surface area (Å²) in [5.74, 6) is -0.0983.